The Kier molecular flexibility index (Phi) is 10.9. The molecule has 1 heterocycles. The van der Waals surface area contributed by atoms with Crippen LogP contribution in [0.15, 0.2) is 91.1 Å². The standard InChI is InChI=1S/C34H35N3O6/c1-3-43-31-22-24(15-16-30(31)42-2)17-20-37(21-18-32(38)39)34(41)29-14-7-5-12-27(29)26-11-4-6-13-28(26)33(40)36-23-25-10-8-9-19-35-25/h4-16,19,22H,3,17-18,20-21,23H2,1-2H3,(H,36,40)(H,38,39). The molecule has 2 amide bonds. The fourth-order valence-electron chi connectivity index (χ4n) is 4.71. The molecular formula is C34H35N3O6. The molecule has 0 saturated heterocycles. The number of carboxylic acids is 1. The number of hydrogen-bond donors (Lipinski definition) is 2. The summed E-state index contributed by atoms with van der Waals surface area (Å²) >= 11 is 0. The molecule has 0 atom stereocenters. The molecule has 1 aromatic heterocycles. The molecule has 2 N–H and O–H groups in total. The van der Waals surface area contributed by atoms with Crippen molar-refractivity contribution in [2.45, 2.75) is 26.3 Å². The molecule has 3 aromatic carbocycles. The Balaban J connectivity index is 1.60. The lowest BCUT2D eigenvalue weighted by molar-refractivity contribution is -0.137. The number of amides is 2. The summed E-state index contributed by atoms with van der Waals surface area (Å²) in [4.78, 5) is 44.6. The van der Waals surface area contributed by atoms with Gasteiger partial charge in [0.25, 0.3) is 11.8 Å². The van der Waals surface area contributed by atoms with Crippen LogP contribution in [0.3, 0.4) is 0 Å². The monoisotopic (exact) mass is 581 g/mol. The lowest BCUT2D eigenvalue weighted by Crippen LogP contribution is -2.35. The molecule has 0 fully saturated rings. The minimum Gasteiger partial charge on any atom is -0.493 e. The molecule has 0 radical (unpaired) electrons. The van der Waals surface area contributed by atoms with Gasteiger partial charge >= 0.3 is 5.97 Å². The van der Waals surface area contributed by atoms with Gasteiger partial charge in [-0.15, -0.1) is 0 Å². The van der Waals surface area contributed by atoms with E-state index in [9.17, 15) is 19.5 Å². The topological polar surface area (TPSA) is 118 Å². The van der Waals surface area contributed by atoms with Gasteiger partial charge in [-0.25, -0.2) is 0 Å². The molecular weight excluding hydrogens is 546 g/mol. The zero-order valence-corrected chi connectivity index (χ0v) is 24.3. The van der Waals surface area contributed by atoms with Crippen LogP contribution >= 0.6 is 0 Å². The average Bonchev–Trinajstić information content (AvgIpc) is 3.04. The van der Waals surface area contributed by atoms with E-state index in [2.05, 4.69) is 10.3 Å². The van der Waals surface area contributed by atoms with Crippen molar-refractivity contribution in [3.63, 3.8) is 0 Å². The van der Waals surface area contributed by atoms with Crippen molar-refractivity contribution in [1.29, 1.82) is 0 Å². The molecule has 0 spiro atoms. The molecule has 4 aromatic rings. The third-order valence-corrected chi connectivity index (χ3v) is 6.86. The second-order valence-electron chi connectivity index (χ2n) is 9.70. The second-order valence-corrected chi connectivity index (χ2v) is 9.70. The number of aromatic nitrogens is 1. The number of carbonyl (C=O) groups excluding carboxylic acids is 2. The van der Waals surface area contributed by atoms with E-state index < -0.39 is 5.97 Å². The number of nitrogens with zero attached hydrogens (tertiary/aromatic N) is 2. The van der Waals surface area contributed by atoms with E-state index in [1.54, 1.807) is 54.6 Å². The Morgan fingerprint density at radius 3 is 2.23 bits per heavy atom. The minimum atomic E-state index is -0.996. The molecule has 0 unspecified atom stereocenters. The second kappa shape index (κ2) is 15.2. The van der Waals surface area contributed by atoms with E-state index in [-0.39, 0.29) is 37.9 Å². The molecule has 0 bridgehead atoms. The normalized spacial score (nSPS) is 10.6. The summed E-state index contributed by atoms with van der Waals surface area (Å²) in [5.41, 5.74) is 3.61. The van der Waals surface area contributed by atoms with Crippen molar-refractivity contribution < 1.29 is 29.0 Å². The number of methoxy groups -OCH3 is 1. The molecule has 43 heavy (non-hydrogen) atoms. The first-order valence-corrected chi connectivity index (χ1v) is 14.1. The zero-order chi connectivity index (χ0) is 30.6. The number of nitrogens with one attached hydrogen (secondary N) is 1. The average molecular weight is 582 g/mol. The fourth-order valence-corrected chi connectivity index (χ4v) is 4.71. The largest absolute Gasteiger partial charge is 0.493 e. The van der Waals surface area contributed by atoms with Gasteiger partial charge in [-0.1, -0.05) is 48.5 Å². The molecule has 0 aliphatic rings. The van der Waals surface area contributed by atoms with Crippen molar-refractivity contribution in [2.24, 2.45) is 0 Å². The summed E-state index contributed by atoms with van der Waals surface area (Å²) in [6, 6.07) is 25.2. The maximum absolute atomic E-state index is 14.0. The Morgan fingerprint density at radius 2 is 1.56 bits per heavy atom. The van der Waals surface area contributed by atoms with Crippen molar-refractivity contribution in [3.05, 3.63) is 114 Å². The predicted octanol–water partition coefficient (Wildman–Crippen LogP) is 5.25. The maximum atomic E-state index is 14.0. The highest BCUT2D eigenvalue weighted by Crippen LogP contribution is 2.30. The fraction of sp³-hybridized carbons (Fsp3) is 0.235. The van der Waals surface area contributed by atoms with Gasteiger partial charge in [-0.2, -0.15) is 0 Å². The Labute approximate surface area is 251 Å². The third-order valence-electron chi connectivity index (χ3n) is 6.86. The van der Waals surface area contributed by atoms with Gasteiger partial charge < -0.3 is 24.8 Å². The molecule has 0 aliphatic heterocycles. The van der Waals surface area contributed by atoms with Crippen LogP contribution in [-0.2, 0) is 17.8 Å². The Bertz CT molecular complexity index is 1560. The predicted molar refractivity (Wildman–Crippen MR) is 163 cm³/mol. The Hall–Kier alpha value is -5.18. The minimum absolute atomic E-state index is 0.0309. The van der Waals surface area contributed by atoms with E-state index in [0.717, 1.165) is 11.3 Å². The molecule has 9 heteroatoms. The van der Waals surface area contributed by atoms with Gasteiger partial charge in [-0.05, 0) is 66.4 Å². The van der Waals surface area contributed by atoms with Crippen molar-refractivity contribution >= 4 is 17.8 Å². The zero-order valence-electron chi connectivity index (χ0n) is 24.3. The maximum Gasteiger partial charge on any atom is 0.305 e. The Morgan fingerprint density at radius 1 is 0.860 bits per heavy atom. The first-order valence-electron chi connectivity index (χ1n) is 14.1. The summed E-state index contributed by atoms with van der Waals surface area (Å²) in [7, 11) is 1.57. The highest BCUT2D eigenvalue weighted by Gasteiger charge is 2.23. The molecule has 222 valence electrons. The summed E-state index contributed by atoms with van der Waals surface area (Å²) in [6.45, 7) is 2.93. The SMILES string of the molecule is CCOc1cc(CCN(CCC(=O)O)C(=O)c2ccccc2-c2ccccc2C(=O)NCc2ccccn2)ccc1OC. The number of rotatable bonds is 14. The van der Waals surface area contributed by atoms with Crippen LogP contribution in [0, 0.1) is 0 Å². The first kappa shape index (κ1) is 30.8. The quantitative estimate of drug-likeness (QED) is 0.209. The third kappa shape index (κ3) is 8.19. The van der Waals surface area contributed by atoms with E-state index in [1.165, 1.54) is 0 Å². The number of hydrogen-bond acceptors (Lipinski definition) is 6. The number of carbonyl (C=O) groups is 3. The number of benzene rings is 3. The van der Waals surface area contributed by atoms with Gasteiger partial charge in [0.15, 0.2) is 11.5 Å². The number of aliphatic carboxylic acids is 1. The highest BCUT2D eigenvalue weighted by molar-refractivity contribution is 6.06. The molecule has 0 saturated carbocycles. The highest BCUT2D eigenvalue weighted by atomic mass is 16.5. The lowest BCUT2D eigenvalue weighted by Gasteiger charge is -2.24. The number of carboxylic acid groups (broad SMARTS) is 1. The smallest absolute Gasteiger partial charge is 0.305 e. The molecule has 4 rings (SSSR count). The van der Waals surface area contributed by atoms with Crippen LogP contribution in [0.2, 0.25) is 0 Å². The van der Waals surface area contributed by atoms with Crippen LogP contribution in [0.25, 0.3) is 11.1 Å². The summed E-state index contributed by atoms with van der Waals surface area (Å²) in [5.74, 6) is -0.394. The van der Waals surface area contributed by atoms with Gasteiger partial charge in [0.05, 0.1) is 32.4 Å². The van der Waals surface area contributed by atoms with Crippen LogP contribution in [-0.4, -0.2) is 59.6 Å². The van der Waals surface area contributed by atoms with Gasteiger partial charge in [0.1, 0.15) is 0 Å². The van der Waals surface area contributed by atoms with E-state index in [1.807, 2.05) is 55.5 Å². The van der Waals surface area contributed by atoms with Gasteiger partial charge in [0, 0.05) is 30.4 Å². The van der Waals surface area contributed by atoms with E-state index in [0.29, 0.717) is 46.8 Å². The van der Waals surface area contributed by atoms with E-state index in [4.69, 9.17) is 9.47 Å². The van der Waals surface area contributed by atoms with Crippen molar-refractivity contribution in [3.8, 4) is 22.6 Å². The van der Waals surface area contributed by atoms with E-state index >= 15 is 0 Å². The number of pyridine rings is 1. The van der Waals surface area contributed by atoms with Crippen LogP contribution in [0.5, 0.6) is 11.5 Å². The van der Waals surface area contributed by atoms with Gasteiger partial charge in [-0.3, -0.25) is 19.4 Å². The molecule has 0 aliphatic carbocycles. The number of ether oxygens (including phenoxy) is 2. The summed E-state index contributed by atoms with van der Waals surface area (Å²) < 4.78 is 11.1. The summed E-state index contributed by atoms with van der Waals surface area (Å²) in [5, 5.41) is 12.3. The molecule has 9 nitrogen and oxygen atoms in total. The van der Waals surface area contributed by atoms with Crippen LogP contribution in [0.1, 0.15) is 45.3 Å². The van der Waals surface area contributed by atoms with Gasteiger partial charge in [0.2, 0.25) is 0 Å². The van der Waals surface area contributed by atoms with Crippen LogP contribution < -0.4 is 14.8 Å². The van der Waals surface area contributed by atoms with Crippen molar-refractivity contribution in [2.75, 3.05) is 26.8 Å². The summed E-state index contributed by atoms with van der Waals surface area (Å²) in [6.07, 6.45) is 1.94. The van der Waals surface area contributed by atoms with Crippen LogP contribution in [0.4, 0.5) is 0 Å². The first-order chi connectivity index (χ1) is 20.9. The lowest BCUT2D eigenvalue weighted by atomic mass is 9.94. The van der Waals surface area contributed by atoms with Crippen molar-refractivity contribution in [1.82, 2.24) is 15.2 Å².